The number of carbonyl (C=O) groups is 1. The van der Waals surface area contributed by atoms with E-state index >= 15 is 0 Å². The maximum atomic E-state index is 12.2. The first-order valence-corrected chi connectivity index (χ1v) is 9.06. The fraction of sp³-hybridized carbons (Fsp3) is 0.923. The maximum Gasteiger partial charge on any atom is 0.223 e. The number of piperidine rings is 1. The zero-order valence-corrected chi connectivity index (χ0v) is 13.0. The van der Waals surface area contributed by atoms with Crippen LogP contribution in [0.15, 0.2) is 0 Å². The molecule has 2 aliphatic rings. The Hall–Kier alpha value is -0.660. The SMILES string of the molecule is CC1CCCN(C(=O)CCS(=O)(=O)N2CCNCC2)C1. The highest BCUT2D eigenvalue weighted by molar-refractivity contribution is 7.89. The second-order valence-electron chi connectivity index (χ2n) is 5.80. The van der Waals surface area contributed by atoms with Crippen LogP contribution < -0.4 is 5.32 Å². The molecule has 0 bridgehead atoms. The molecule has 1 N–H and O–H groups in total. The van der Waals surface area contributed by atoms with Crippen LogP contribution in [0.25, 0.3) is 0 Å². The average molecular weight is 303 g/mol. The maximum absolute atomic E-state index is 12.2. The van der Waals surface area contributed by atoms with Crippen molar-refractivity contribution in [1.29, 1.82) is 0 Å². The van der Waals surface area contributed by atoms with Gasteiger partial charge in [-0.25, -0.2) is 8.42 Å². The molecule has 1 unspecified atom stereocenters. The summed E-state index contributed by atoms with van der Waals surface area (Å²) in [5.41, 5.74) is 0. The first-order chi connectivity index (χ1) is 9.49. The van der Waals surface area contributed by atoms with Gasteiger partial charge in [0.2, 0.25) is 15.9 Å². The van der Waals surface area contributed by atoms with Crippen molar-refractivity contribution in [3.05, 3.63) is 0 Å². The van der Waals surface area contributed by atoms with Gasteiger partial charge >= 0.3 is 0 Å². The fourth-order valence-corrected chi connectivity index (χ4v) is 4.27. The Labute approximate surface area is 121 Å². The minimum Gasteiger partial charge on any atom is -0.342 e. The summed E-state index contributed by atoms with van der Waals surface area (Å²) in [7, 11) is -3.28. The van der Waals surface area contributed by atoms with Crippen molar-refractivity contribution >= 4 is 15.9 Å². The summed E-state index contributed by atoms with van der Waals surface area (Å²) in [6.45, 7) is 6.09. The molecule has 1 atom stereocenters. The van der Waals surface area contributed by atoms with Gasteiger partial charge in [0.25, 0.3) is 0 Å². The quantitative estimate of drug-likeness (QED) is 0.785. The van der Waals surface area contributed by atoms with Gasteiger partial charge in [0.05, 0.1) is 5.75 Å². The number of rotatable bonds is 4. The van der Waals surface area contributed by atoms with Crippen molar-refractivity contribution in [3.8, 4) is 0 Å². The summed E-state index contributed by atoms with van der Waals surface area (Å²) in [4.78, 5) is 13.9. The number of carbonyl (C=O) groups excluding carboxylic acids is 1. The second kappa shape index (κ2) is 6.87. The van der Waals surface area contributed by atoms with Crippen LogP contribution in [0.2, 0.25) is 0 Å². The predicted molar refractivity (Wildman–Crippen MR) is 77.8 cm³/mol. The molecule has 6 nitrogen and oxygen atoms in total. The molecule has 1 amide bonds. The van der Waals surface area contributed by atoms with Gasteiger partial charge in [0.1, 0.15) is 0 Å². The van der Waals surface area contributed by atoms with E-state index in [0.717, 1.165) is 25.9 Å². The van der Waals surface area contributed by atoms with Crippen molar-refractivity contribution in [2.75, 3.05) is 45.0 Å². The Morgan fingerprint density at radius 2 is 1.95 bits per heavy atom. The molecule has 0 aliphatic carbocycles. The number of piperazine rings is 1. The van der Waals surface area contributed by atoms with Crippen molar-refractivity contribution in [2.45, 2.75) is 26.2 Å². The van der Waals surface area contributed by atoms with Crippen LogP contribution in [0, 0.1) is 5.92 Å². The largest absolute Gasteiger partial charge is 0.342 e. The van der Waals surface area contributed by atoms with Crippen molar-refractivity contribution in [1.82, 2.24) is 14.5 Å². The molecule has 2 saturated heterocycles. The molecular formula is C13H25N3O3S. The lowest BCUT2D eigenvalue weighted by Crippen LogP contribution is -2.47. The average Bonchev–Trinajstić information content (AvgIpc) is 2.46. The molecule has 0 radical (unpaired) electrons. The zero-order chi connectivity index (χ0) is 14.6. The third-order valence-corrected chi connectivity index (χ3v) is 5.92. The number of nitrogens with one attached hydrogen (secondary N) is 1. The van der Waals surface area contributed by atoms with E-state index in [1.165, 1.54) is 4.31 Å². The molecule has 0 aromatic heterocycles. The number of hydrogen-bond acceptors (Lipinski definition) is 4. The third-order valence-electron chi connectivity index (χ3n) is 4.05. The normalized spacial score (nSPS) is 25.6. The van der Waals surface area contributed by atoms with E-state index in [4.69, 9.17) is 0 Å². The monoisotopic (exact) mass is 303 g/mol. The summed E-state index contributed by atoms with van der Waals surface area (Å²) in [5, 5.41) is 3.13. The molecule has 2 heterocycles. The first kappa shape index (κ1) is 15.7. The van der Waals surface area contributed by atoms with Crippen LogP contribution in [-0.4, -0.2) is 68.6 Å². The highest BCUT2D eigenvalue weighted by Gasteiger charge is 2.26. The molecule has 0 spiro atoms. The summed E-state index contributed by atoms with van der Waals surface area (Å²) >= 11 is 0. The number of amides is 1. The molecule has 0 saturated carbocycles. The van der Waals surface area contributed by atoms with Crippen LogP contribution in [0.5, 0.6) is 0 Å². The van der Waals surface area contributed by atoms with Gasteiger partial charge in [-0.2, -0.15) is 4.31 Å². The van der Waals surface area contributed by atoms with Gasteiger partial charge in [0, 0.05) is 45.7 Å². The van der Waals surface area contributed by atoms with E-state index in [2.05, 4.69) is 12.2 Å². The molecule has 2 aliphatic heterocycles. The Morgan fingerprint density at radius 3 is 2.60 bits per heavy atom. The Balaban J connectivity index is 1.82. The van der Waals surface area contributed by atoms with E-state index in [-0.39, 0.29) is 18.1 Å². The van der Waals surface area contributed by atoms with E-state index < -0.39 is 10.0 Å². The lowest BCUT2D eigenvalue weighted by molar-refractivity contribution is -0.132. The van der Waals surface area contributed by atoms with Gasteiger partial charge in [-0.05, 0) is 18.8 Å². The van der Waals surface area contributed by atoms with Gasteiger partial charge < -0.3 is 10.2 Å². The van der Waals surface area contributed by atoms with Gasteiger partial charge in [0.15, 0.2) is 0 Å². The molecule has 7 heteroatoms. The highest BCUT2D eigenvalue weighted by Crippen LogP contribution is 2.16. The number of sulfonamides is 1. The topological polar surface area (TPSA) is 69.7 Å². The van der Waals surface area contributed by atoms with E-state index in [9.17, 15) is 13.2 Å². The zero-order valence-electron chi connectivity index (χ0n) is 12.2. The van der Waals surface area contributed by atoms with Crippen LogP contribution in [0.4, 0.5) is 0 Å². The Morgan fingerprint density at radius 1 is 1.25 bits per heavy atom. The Bertz CT molecular complexity index is 432. The smallest absolute Gasteiger partial charge is 0.223 e. The molecule has 2 fully saturated rings. The molecule has 0 aromatic carbocycles. The summed E-state index contributed by atoms with van der Waals surface area (Å²) in [5.74, 6) is 0.448. The summed E-state index contributed by atoms with van der Waals surface area (Å²) < 4.78 is 25.8. The number of hydrogen-bond donors (Lipinski definition) is 1. The fourth-order valence-electron chi connectivity index (χ4n) is 2.84. The van der Waals surface area contributed by atoms with Crippen LogP contribution in [0.1, 0.15) is 26.2 Å². The highest BCUT2D eigenvalue weighted by atomic mass is 32.2. The number of likely N-dealkylation sites (tertiary alicyclic amines) is 1. The molecule has 2 rings (SSSR count). The summed E-state index contributed by atoms with van der Waals surface area (Å²) in [6, 6.07) is 0. The molecule has 116 valence electrons. The van der Waals surface area contributed by atoms with Crippen molar-refractivity contribution in [2.24, 2.45) is 5.92 Å². The lowest BCUT2D eigenvalue weighted by atomic mass is 10.0. The van der Waals surface area contributed by atoms with Crippen molar-refractivity contribution in [3.63, 3.8) is 0 Å². The first-order valence-electron chi connectivity index (χ1n) is 7.45. The lowest BCUT2D eigenvalue weighted by Gasteiger charge is -2.31. The molecule has 0 aromatic rings. The van der Waals surface area contributed by atoms with Gasteiger partial charge in [-0.1, -0.05) is 6.92 Å². The predicted octanol–water partition coefficient (Wildman–Crippen LogP) is -0.130. The molecular weight excluding hydrogens is 278 g/mol. The van der Waals surface area contributed by atoms with Crippen LogP contribution in [0.3, 0.4) is 0 Å². The van der Waals surface area contributed by atoms with E-state index in [1.807, 2.05) is 4.90 Å². The minimum atomic E-state index is -3.28. The minimum absolute atomic E-state index is 0.0183. The third kappa shape index (κ3) is 4.17. The summed E-state index contributed by atoms with van der Waals surface area (Å²) in [6.07, 6.45) is 2.29. The Kier molecular flexibility index (Phi) is 5.40. The van der Waals surface area contributed by atoms with Crippen LogP contribution >= 0.6 is 0 Å². The van der Waals surface area contributed by atoms with Gasteiger partial charge in [-0.3, -0.25) is 4.79 Å². The van der Waals surface area contributed by atoms with E-state index in [0.29, 0.717) is 32.1 Å². The second-order valence-corrected chi connectivity index (χ2v) is 7.89. The van der Waals surface area contributed by atoms with Gasteiger partial charge in [-0.15, -0.1) is 0 Å². The van der Waals surface area contributed by atoms with Crippen molar-refractivity contribution < 1.29 is 13.2 Å². The standard InChI is InChI=1S/C13H25N3O3S/c1-12-3-2-7-15(11-12)13(17)4-10-20(18,19)16-8-5-14-6-9-16/h12,14H,2-11H2,1H3. The van der Waals surface area contributed by atoms with E-state index in [1.54, 1.807) is 0 Å². The number of nitrogens with zero attached hydrogens (tertiary/aromatic N) is 2. The molecule has 20 heavy (non-hydrogen) atoms. The van der Waals surface area contributed by atoms with Crippen LogP contribution in [-0.2, 0) is 14.8 Å².